The van der Waals surface area contributed by atoms with Crippen molar-refractivity contribution in [3.05, 3.63) is 40.1 Å². The molecule has 0 radical (unpaired) electrons. The van der Waals surface area contributed by atoms with Crippen LogP contribution in [-0.4, -0.2) is 31.6 Å². The number of aryl methyl sites for hydroxylation is 1. The quantitative estimate of drug-likeness (QED) is 0.445. The molecule has 2 rings (SSSR count). The van der Waals surface area contributed by atoms with Crippen molar-refractivity contribution in [2.75, 3.05) is 0 Å². The maximum atomic E-state index is 11.9. The lowest BCUT2D eigenvalue weighted by molar-refractivity contribution is 0.0948. The van der Waals surface area contributed by atoms with Crippen molar-refractivity contribution in [2.45, 2.75) is 6.92 Å². The summed E-state index contributed by atoms with van der Waals surface area (Å²) in [5.74, 6) is -0.528. The number of hydrogen-bond donors (Lipinski definition) is 3. The first-order chi connectivity index (χ1) is 9.88. The van der Waals surface area contributed by atoms with E-state index >= 15 is 0 Å². The van der Waals surface area contributed by atoms with Crippen LogP contribution in [0, 0.1) is 0 Å². The molecule has 1 heterocycles. The molecule has 7 nitrogen and oxygen atoms in total. The summed E-state index contributed by atoms with van der Waals surface area (Å²) in [6.45, 7) is 1.60. The van der Waals surface area contributed by atoms with E-state index < -0.39 is 5.91 Å². The highest BCUT2D eigenvalue weighted by atomic mass is 79.9. The van der Waals surface area contributed by atoms with Gasteiger partial charge in [-0.05, 0) is 41.1 Å². The van der Waals surface area contributed by atoms with Gasteiger partial charge < -0.3 is 10.2 Å². The Morgan fingerprint density at radius 2 is 2.14 bits per heavy atom. The number of amides is 1. The van der Waals surface area contributed by atoms with Gasteiger partial charge in [0.1, 0.15) is 11.5 Å². The average molecular weight is 353 g/mol. The molecule has 2 aromatic rings. The molecular formula is C13H13BrN4O3. The Labute approximate surface area is 129 Å². The molecule has 0 aliphatic rings. The van der Waals surface area contributed by atoms with Crippen molar-refractivity contribution < 1.29 is 15.0 Å². The van der Waals surface area contributed by atoms with Gasteiger partial charge in [0.25, 0.3) is 5.91 Å². The van der Waals surface area contributed by atoms with Gasteiger partial charge >= 0.3 is 0 Å². The number of rotatable bonds is 3. The molecule has 0 spiro atoms. The van der Waals surface area contributed by atoms with Crippen LogP contribution in [0.2, 0.25) is 0 Å². The van der Waals surface area contributed by atoms with Gasteiger partial charge in [0.2, 0.25) is 0 Å². The van der Waals surface area contributed by atoms with Crippen molar-refractivity contribution in [3.8, 4) is 11.5 Å². The van der Waals surface area contributed by atoms with Crippen LogP contribution in [0.4, 0.5) is 0 Å². The van der Waals surface area contributed by atoms with E-state index in [9.17, 15) is 15.0 Å². The maximum Gasteiger partial charge on any atom is 0.293 e. The van der Waals surface area contributed by atoms with Gasteiger partial charge in [-0.3, -0.25) is 9.48 Å². The van der Waals surface area contributed by atoms with Crippen molar-refractivity contribution in [2.24, 2.45) is 12.1 Å². The average Bonchev–Trinajstić information content (AvgIpc) is 2.77. The molecule has 0 aliphatic carbocycles. The zero-order chi connectivity index (χ0) is 15.6. The van der Waals surface area contributed by atoms with Crippen LogP contribution < -0.4 is 5.43 Å². The van der Waals surface area contributed by atoms with Crippen LogP contribution >= 0.6 is 15.9 Å². The Kier molecular flexibility index (Phi) is 4.27. The second-order valence-electron chi connectivity index (χ2n) is 4.34. The number of nitrogens with zero attached hydrogens (tertiary/aromatic N) is 3. The first-order valence-corrected chi connectivity index (χ1v) is 6.74. The minimum Gasteiger partial charge on any atom is -0.508 e. The second kappa shape index (κ2) is 5.96. The van der Waals surface area contributed by atoms with E-state index in [1.165, 1.54) is 22.9 Å². The van der Waals surface area contributed by atoms with Crippen LogP contribution in [-0.2, 0) is 7.05 Å². The third-order valence-corrected chi connectivity index (χ3v) is 3.27. The highest BCUT2D eigenvalue weighted by molar-refractivity contribution is 9.10. The Bertz CT molecular complexity index is 724. The van der Waals surface area contributed by atoms with Gasteiger partial charge in [0.15, 0.2) is 5.69 Å². The molecule has 0 unspecified atom stereocenters. The summed E-state index contributed by atoms with van der Waals surface area (Å²) >= 11 is 3.23. The minimum atomic E-state index is -0.485. The molecule has 8 heteroatoms. The lowest BCUT2D eigenvalue weighted by atomic mass is 10.1. The normalized spacial score (nSPS) is 11.5. The second-order valence-corrected chi connectivity index (χ2v) is 5.19. The van der Waals surface area contributed by atoms with Crippen molar-refractivity contribution in [1.29, 1.82) is 0 Å². The van der Waals surface area contributed by atoms with Crippen LogP contribution in [0.15, 0.2) is 34.0 Å². The van der Waals surface area contributed by atoms with E-state index in [-0.39, 0.29) is 17.2 Å². The molecule has 0 bridgehead atoms. The zero-order valence-electron chi connectivity index (χ0n) is 11.3. The van der Waals surface area contributed by atoms with Gasteiger partial charge in [-0.25, -0.2) is 5.43 Å². The Balaban J connectivity index is 2.19. The van der Waals surface area contributed by atoms with Crippen LogP contribution in [0.25, 0.3) is 0 Å². The van der Waals surface area contributed by atoms with Gasteiger partial charge in [0.05, 0.1) is 10.2 Å². The van der Waals surface area contributed by atoms with E-state index in [1.807, 2.05) is 0 Å². The molecule has 0 atom stereocenters. The maximum absolute atomic E-state index is 11.9. The number of halogens is 1. The number of carbonyl (C=O) groups excluding carboxylic acids is 1. The highest BCUT2D eigenvalue weighted by Gasteiger charge is 2.14. The van der Waals surface area contributed by atoms with Gasteiger partial charge in [0, 0.05) is 18.8 Å². The van der Waals surface area contributed by atoms with E-state index in [0.717, 1.165) is 0 Å². The van der Waals surface area contributed by atoms with Crippen molar-refractivity contribution >= 4 is 27.5 Å². The summed E-state index contributed by atoms with van der Waals surface area (Å²) in [4.78, 5) is 11.9. The number of benzene rings is 1. The molecule has 21 heavy (non-hydrogen) atoms. The number of aromatic nitrogens is 2. The zero-order valence-corrected chi connectivity index (χ0v) is 12.9. The number of hydrogen-bond acceptors (Lipinski definition) is 5. The highest BCUT2D eigenvalue weighted by Crippen LogP contribution is 2.22. The Morgan fingerprint density at radius 1 is 1.43 bits per heavy atom. The fourth-order valence-corrected chi connectivity index (χ4v) is 2.23. The number of carbonyl (C=O) groups is 1. The smallest absolute Gasteiger partial charge is 0.293 e. The SMILES string of the molecule is CC(=NNC(=O)c1nn(C)cc1Br)c1cc(O)ccc1O. The summed E-state index contributed by atoms with van der Waals surface area (Å²) in [6, 6.07) is 4.06. The molecular weight excluding hydrogens is 340 g/mol. The fraction of sp³-hybridized carbons (Fsp3) is 0.154. The molecule has 1 aromatic heterocycles. The van der Waals surface area contributed by atoms with Crippen LogP contribution in [0.5, 0.6) is 11.5 Å². The summed E-state index contributed by atoms with van der Waals surface area (Å²) in [5.41, 5.74) is 3.23. The molecule has 1 amide bonds. The van der Waals surface area contributed by atoms with E-state index in [0.29, 0.717) is 15.7 Å². The predicted octanol–water partition coefficient (Wildman–Crippen LogP) is 1.75. The summed E-state index contributed by atoms with van der Waals surface area (Å²) < 4.78 is 2.05. The Hall–Kier alpha value is -2.35. The number of nitrogens with one attached hydrogen (secondary N) is 1. The van der Waals surface area contributed by atoms with Crippen LogP contribution in [0.1, 0.15) is 23.0 Å². The molecule has 0 fully saturated rings. The standard InChI is InChI=1S/C13H13BrN4O3/c1-7(9-5-8(19)3-4-11(9)20)15-16-13(21)12-10(14)6-18(2)17-12/h3-6,19-20H,1-2H3,(H,16,21). The monoisotopic (exact) mass is 352 g/mol. The molecule has 0 saturated carbocycles. The molecule has 1 aromatic carbocycles. The third kappa shape index (κ3) is 3.40. The number of hydrazone groups is 1. The van der Waals surface area contributed by atoms with Gasteiger partial charge in [-0.2, -0.15) is 10.2 Å². The van der Waals surface area contributed by atoms with Crippen LogP contribution in [0.3, 0.4) is 0 Å². The van der Waals surface area contributed by atoms with Crippen molar-refractivity contribution in [3.63, 3.8) is 0 Å². The van der Waals surface area contributed by atoms with E-state index in [4.69, 9.17) is 0 Å². The largest absolute Gasteiger partial charge is 0.508 e. The number of aromatic hydroxyl groups is 2. The predicted molar refractivity (Wildman–Crippen MR) is 80.4 cm³/mol. The molecule has 110 valence electrons. The molecule has 3 N–H and O–H groups in total. The first-order valence-electron chi connectivity index (χ1n) is 5.94. The Morgan fingerprint density at radius 3 is 2.76 bits per heavy atom. The van der Waals surface area contributed by atoms with E-state index in [1.54, 1.807) is 20.2 Å². The van der Waals surface area contributed by atoms with Crippen molar-refractivity contribution in [1.82, 2.24) is 15.2 Å². The fourth-order valence-electron chi connectivity index (χ4n) is 1.68. The summed E-state index contributed by atoms with van der Waals surface area (Å²) in [6.07, 6.45) is 1.65. The lowest BCUT2D eigenvalue weighted by Gasteiger charge is -2.05. The van der Waals surface area contributed by atoms with Gasteiger partial charge in [-0.1, -0.05) is 0 Å². The van der Waals surface area contributed by atoms with Gasteiger partial charge in [-0.15, -0.1) is 0 Å². The minimum absolute atomic E-state index is 0.00357. The molecule has 0 saturated heterocycles. The first kappa shape index (κ1) is 15.0. The molecule has 0 aliphatic heterocycles. The third-order valence-electron chi connectivity index (χ3n) is 2.69. The number of phenols is 2. The van der Waals surface area contributed by atoms with E-state index in [2.05, 4.69) is 31.6 Å². The summed E-state index contributed by atoms with van der Waals surface area (Å²) in [5, 5.41) is 27.0. The summed E-state index contributed by atoms with van der Waals surface area (Å²) in [7, 11) is 1.70. The lowest BCUT2D eigenvalue weighted by Crippen LogP contribution is -2.20. The number of phenolic OH excluding ortho intramolecular Hbond substituents is 2. The topological polar surface area (TPSA) is 99.7 Å².